The number of nitrogens with zero attached hydrogens (tertiary/aromatic N) is 3. The van der Waals surface area contributed by atoms with Crippen molar-refractivity contribution in [2.45, 2.75) is 39.2 Å². The van der Waals surface area contributed by atoms with Gasteiger partial charge in [0.15, 0.2) is 0 Å². The highest BCUT2D eigenvalue weighted by molar-refractivity contribution is 4.91. The minimum absolute atomic E-state index is 0.547. The van der Waals surface area contributed by atoms with Crippen molar-refractivity contribution in [1.29, 1.82) is 0 Å². The van der Waals surface area contributed by atoms with Gasteiger partial charge < -0.3 is 5.32 Å². The van der Waals surface area contributed by atoms with Crippen LogP contribution in [0.15, 0.2) is 0 Å². The van der Waals surface area contributed by atoms with E-state index in [1.165, 1.54) is 19.3 Å². The van der Waals surface area contributed by atoms with Crippen molar-refractivity contribution in [2.24, 2.45) is 0 Å². The first-order valence-electron chi connectivity index (χ1n) is 5.38. The third kappa shape index (κ3) is 1.95. The standard InChI is InChI=1S/C10H18N4/c1-8-12-9(2)14(13-8)10-4-3-6-11-7-5-10/h10-11H,3-7H2,1-2H3. The Morgan fingerprint density at radius 3 is 2.86 bits per heavy atom. The fraction of sp³-hybridized carbons (Fsp3) is 0.800. The van der Waals surface area contributed by atoms with E-state index in [9.17, 15) is 0 Å². The molecule has 0 radical (unpaired) electrons. The lowest BCUT2D eigenvalue weighted by Crippen LogP contribution is -2.16. The Bertz CT molecular complexity index is 297. The molecule has 0 aliphatic carbocycles. The minimum atomic E-state index is 0.547. The topological polar surface area (TPSA) is 42.7 Å². The van der Waals surface area contributed by atoms with Crippen LogP contribution in [0.3, 0.4) is 0 Å². The predicted molar refractivity (Wildman–Crippen MR) is 55.3 cm³/mol. The summed E-state index contributed by atoms with van der Waals surface area (Å²) in [5.41, 5.74) is 0. The zero-order valence-corrected chi connectivity index (χ0v) is 8.95. The molecule has 78 valence electrons. The van der Waals surface area contributed by atoms with Crippen molar-refractivity contribution in [1.82, 2.24) is 20.1 Å². The van der Waals surface area contributed by atoms with Gasteiger partial charge in [-0.2, -0.15) is 5.10 Å². The van der Waals surface area contributed by atoms with Crippen molar-refractivity contribution in [3.63, 3.8) is 0 Å². The highest BCUT2D eigenvalue weighted by Gasteiger charge is 2.16. The summed E-state index contributed by atoms with van der Waals surface area (Å²) in [5, 5.41) is 7.87. The summed E-state index contributed by atoms with van der Waals surface area (Å²) in [6.45, 7) is 6.24. The monoisotopic (exact) mass is 194 g/mol. The average molecular weight is 194 g/mol. The molecule has 0 aromatic carbocycles. The first-order chi connectivity index (χ1) is 6.77. The Hall–Kier alpha value is -0.900. The molecule has 1 aromatic heterocycles. The Morgan fingerprint density at radius 2 is 2.14 bits per heavy atom. The molecule has 1 aromatic rings. The second kappa shape index (κ2) is 4.09. The third-order valence-electron chi connectivity index (χ3n) is 2.80. The molecule has 2 rings (SSSR count). The molecule has 1 aliphatic heterocycles. The molecular formula is C10H18N4. The Kier molecular flexibility index (Phi) is 2.82. The lowest BCUT2D eigenvalue weighted by Gasteiger charge is -2.14. The van der Waals surface area contributed by atoms with Crippen LogP contribution in [0.1, 0.15) is 37.0 Å². The molecule has 0 bridgehead atoms. The maximum atomic E-state index is 4.45. The molecule has 2 heterocycles. The van der Waals surface area contributed by atoms with Crippen LogP contribution >= 0.6 is 0 Å². The Labute approximate surface area is 84.7 Å². The van der Waals surface area contributed by atoms with E-state index in [1.807, 2.05) is 13.8 Å². The van der Waals surface area contributed by atoms with Gasteiger partial charge in [-0.1, -0.05) is 0 Å². The molecule has 4 nitrogen and oxygen atoms in total. The van der Waals surface area contributed by atoms with Crippen molar-refractivity contribution in [2.75, 3.05) is 13.1 Å². The summed E-state index contributed by atoms with van der Waals surface area (Å²) >= 11 is 0. The number of aromatic nitrogens is 3. The van der Waals surface area contributed by atoms with E-state index >= 15 is 0 Å². The predicted octanol–water partition coefficient (Wildman–Crippen LogP) is 1.21. The van der Waals surface area contributed by atoms with Crippen LogP contribution in [-0.4, -0.2) is 27.9 Å². The van der Waals surface area contributed by atoms with Crippen LogP contribution in [0.2, 0.25) is 0 Å². The summed E-state index contributed by atoms with van der Waals surface area (Å²) in [7, 11) is 0. The fourth-order valence-corrected chi connectivity index (χ4v) is 2.13. The molecule has 1 saturated heterocycles. The quantitative estimate of drug-likeness (QED) is 0.730. The van der Waals surface area contributed by atoms with Gasteiger partial charge in [0.2, 0.25) is 0 Å². The highest BCUT2D eigenvalue weighted by atomic mass is 15.4. The smallest absolute Gasteiger partial charge is 0.147 e. The van der Waals surface area contributed by atoms with Gasteiger partial charge in [0.25, 0.3) is 0 Å². The molecular weight excluding hydrogens is 176 g/mol. The molecule has 0 spiro atoms. The molecule has 1 N–H and O–H groups in total. The van der Waals surface area contributed by atoms with Crippen LogP contribution in [0.5, 0.6) is 0 Å². The second-order valence-corrected chi connectivity index (χ2v) is 3.99. The molecule has 1 aliphatic rings. The zero-order valence-electron chi connectivity index (χ0n) is 8.95. The van der Waals surface area contributed by atoms with Gasteiger partial charge in [0.1, 0.15) is 11.6 Å². The van der Waals surface area contributed by atoms with Gasteiger partial charge >= 0.3 is 0 Å². The van der Waals surface area contributed by atoms with Gasteiger partial charge in [-0.3, -0.25) is 0 Å². The van der Waals surface area contributed by atoms with Crippen LogP contribution in [0, 0.1) is 13.8 Å². The number of nitrogens with one attached hydrogen (secondary N) is 1. The number of hydrogen-bond donors (Lipinski definition) is 1. The van der Waals surface area contributed by atoms with Crippen molar-refractivity contribution in [3.05, 3.63) is 11.6 Å². The van der Waals surface area contributed by atoms with Gasteiger partial charge in [0, 0.05) is 0 Å². The van der Waals surface area contributed by atoms with E-state index in [1.54, 1.807) is 0 Å². The van der Waals surface area contributed by atoms with Crippen LogP contribution in [0.4, 0.5) is 0 Å². The Balaban J connectivity index is 2.15. The highest BCUT2D eigenvalue weighted by Crippen LogP contribution is 2.19. The van der Waals surface area contributed by atoms with Crippen LogP contribution in [0.25, 0.3) is 0 Å². The molecule has 14 heavy (non-hydrogen) atoms. The fourth-order valence-electron chi connectivity index (χ4n) is 2.13. The third-order valence-corrected chi connectivity index (χ3v) is 2.80. The number of rotatable bonds is 1. The molecule has 1 unspecified atom stereocenters. The summed E-state index contributed by atoms with van der Waals surface area (Å²) in [6, 6.07) is 0.547. The summed E-state index contributed by atoms with van der Waals surface area (Å²) in [5.74, 6) is 1.94. The molecule has 1 atom stereocenters. The largest absolute Gasteiger partial charge is 0.317 e. The zero-order chi connectivity index (χ0) is 9.97. The number of hydrogen-bond acceptors (Lipinski definition) is 3. The maximum Gasteiger partial charge on any atom is 0.147 e. The normalized spacial score (nSPS) is 23.4. The molecule has 0 saturated carbocycles. The number of aryl methyl sites for hydroxylation is 2. The summed E-state index contributed by atoms with van der Waals surface area (Å²) in [6.07, 6.45) is 3.63. The lowest BCUT2D eigenvalue weighted by atomic mass is 10.1. The van der Waals surface area contributed by atoms with E-state index in [-0.39, 0.29) is 0 Å². The minimum Gasteiger partial charge on any atom is -0.317 e. The summed E-state index contributed by atoms with van der Waals surface area (Å²) < 4.78 is 2.10. The van der Waals surface area contributed by atoms with Gasteiger partial charge in [-0.05, 0) is 46.2 Å². The molecule has 4 heteroatoms. The van der Waals surface area contributed by atoms with Crippen LogP contribution in [-0.2, 0) is 0 Å². The van der Waals surface area contributed by atoms with E-state index in [0.717, 1.165) is 24.7 Å². The lowest BCUT2D eigenvalue weighted by molar-refractivity contribution is 0.403. The van der Waals surface area contributed by atoms with Crippen molar-refractivity contribution >= 4 is 0 Å². The Morgan fingerprint density at radius 1 is 1.29 bits per heavy atom. The van der Waals surface area contributed by atoms with E-state index < -0.39 is 0 Å². The molecule has 1 fully saturated rings. The van der Waals surface area contributed by atoms with Crippen molar-refractivity contribution in [3.8, 4) is 0 Å². The van der Waals surface area contributed by atoms with E-state index in [0.29, 0.717) is 6.04 Å². The first kappa shape index (κ1) is 9.65. The first-order valence-corrected chi connectivity index (χ1v) is 5.38. The SMILES string of the molecule is Cc1nc(C)n(C2CCCNCC2)n1. The average Bonchev–Trinajstić information content (AvgIpc) is 2.43. The molecule has 0 amide bonds. The summed E-state index contributed by atoms with van der Waals surface area (Å²) in [4.78, 5) is 4.35. The van der Waals surface area contributed by atoms with Crippen molar-refractivity contribution < 1.29 is 0 Å². The van der Waals surface area contributed by atoms with Gasteiger partial charge in [-0.25, -0.2) is 9.67 Å². The van der Waals surface area contributed by atoms with Gasteiger partial charge in [-0.15, -0.1) is 0 Å². The maximum absolute atomic E-state index is 4.45. The van der Waals surface area contributed by atoms with E-state index in [4.69, 9.17) is 0 Å². The second-order valence-electron chi connectivity index (χ2n) is 3.99. The van der Waals surface area contributed by atoms with Gasteiger partial charge in [0.05, 0.1) is 6.04 Å². The van der Waals surface area contributed by atoms with E-state index in [2.05, 4.69) is 20.1 Å². The van der Waals surface area contributed by atoms with Crippen LogP contribution < -0.4 is 5.32 Å².